The van der Waals surface area contributed by atoms with E-state index in [9.17, 15) is 4.79 Å². The van der Waals surface area contributed by atoms with Crippen molar-refractivity contribution in [1.82, 2.24) is 4.90 Å². The van der Waals surface area contributed by atoms with Crippen LogP contribution >= 0.6 is 0 Å². The van der Waals surface area contributed by atoms with Crippen molar-refractivity contribution in [3.63, 3.8) is 0 Å². The van der Waals surface area contributed by atoms with Crippen LogP contribution in [0.4, 0.5) is 0 Å². The molecule has 1 amide bonds. The highest BCUT2D eigenvalue weighted by Gasteiger charge is 2.32. The van der Waals surface area contributed by atoms with Crippen LogP contribution in [-0.2, 0) is 9.53 Å². The fourth-order valence-electron chi connectivity index (χ4n) is 1.91. The molecule has 0 aromatic heterocycles. The highest BCUT2D eigenvalue weighted by molar-refractivity contribution is 5.76. The van der Waals surface area contributed by atoms with Crippen LogP contribution in [0.15, 0.2) is 0 Å². The molecule has 1 fully saturated rings. The summed E-state index contributed by atoms with van der Waals surface area (Å²) in [6.07, 6.45) is 2.86. The minimum absolute atomic E-state index is 0.0639. The zero-order chi connectivity index (χ0) is 12.1. The number of nitrogens with zero attached hydrogens (tertiary/aromatic N) is 2. The van der Waals surface area contributed by atoms with Crippen molar-refractivity contribution in [2.24, 2.45) is 5.92 Å². The summed E-state index contributed by atoms with van der Waals surface area (Å²) in [6.45, 7) is 4.47. The van der Waals surface area contributed by atoms with Crippen molar-refractivity contribution in [2.45, 2.75) is 45.3 Å². The van der Waals surface area contributed by atoms with E-state index in [2.05, 4.69) is 6.07 Å². The van der Waals surface area contributed by atoms with E-state index in [1.54, 1.807) is 14.0 Å². The third kappa shape index (κ3) is 3.21. The molecule has 0 aromatic carbocycles. The lowest BCUT2D eigenvalue weighted by Gasteiger charge is -2.35. The average Bonchev–Trinajstić information content (AvgIpc) is 2.23. The number of hydrogen-bond acceptors (Lipinski definition) is 3. The number of amides is 1. The first-order valence-corrected chi connectivity index (χ1v) is 5.85. The molecule has 4 nitrogen and oxygen atoms in total. The maximum absolute atomic E-state index is 11.7. The molecule has 16 heavy (non-hydrogen) atoms. The van der Waals surface area contributed by atoms with Gasteiger partial charge in [-0.15, -0.1) is 0 Å². The van der Waals surface area contributed by atoms with Gasteiger partial charge in [0.15, 0.2) is 0 Å². The second-order valence-corrected chi connectivity index (χ2v) is 4.43. The Morgan fingerprint density at radius 1 is 1.62 bits per heavy atom. The molecule has 0 N–H and O–H groups in total. The zero-order valence-electron chi connectivity index (χ0n) is 10.3. The van der Waals surface area contributed by atoms with Gasteiger partial charge in [-0.25, -0.2) is 0 Å². The average molecular weight is 224 g/mol. The molecule has 0 spiro atoms. The van der Waals surface area contributed by atoms with Gasteiger partial charge in [-0.05, 0) is 32.6 Å². The monoisotopic (exact) mass is 224 g/mol. The van der Waals surface area contributed by atoms with Crippen molar-refractivity contribution in [1.29, 1.82) is 5.26 Å². The summed E-state index contributed by atoms with van der Waals surface area (Å²) in [7, 11) is 1.69. The zero-order valence-corrected chi connectivity index (χ0v) is 10.3. The van der Waals surface area contributed by atoms with Crippen molar-refractivity contribution in [3.05, 3.63) is 0 Å². The van der Waals surface area contributed by atoms with E-state index < -0.39 is 0 Å². The highest BCUT2D eigenvalue weighted by atomic mass is 16.5. The minimum Gasteiger partial charge on any atom is -0.378 e. The summed E-state index contributed by atoms with van der Waals surface area (Å²) in [5, 5.41) is 8.71. The van der Waals surface area contributed by atoms with Gasteiger partial charge in [0.05, 0.1) is 12.2 Å². The predicted octanol–water partition coefficient (Wildman–Crippen LogP) is 1.56. The Kier molecular flexibility index (Phi) is 4.75. The second-order valence-electron chi connectivity index (χ2n) is 4.43. The molecule has 0 radical (unpaired) electrons. The molecule has 1 aliphatic rings. The van der Waals surface area contributed by atoms with Crippen molar-refractivity contribution in [3.8, 4) is 6.07 Å². The van der Waals surface area contributed by atoms with Crippen LogP contribution in [0.5, 0.6) is 0 Å². The third-order valence-electron chi connectivity index (χ3n) is 3.22. The molecule has 4 heteroatoms. The normalized spacial score (nSPS) is 25.4. The van der Waals surface area contributed by atoms with Crippen LogP contribution < -0.4 is 0 Å². The minimum atomic E-state index is -0.338. The van der Waals surface area contributed by atoms with Crippen LogP contribution in [0, 0.1) is 17.2 Å². The predicted molar refractivity (Wildman–Crippen MR) is 60.6 cm³/mol. The quantitative estimate of drug-likeness (QED) is 0.712. The molecule has 90 valence electrons. The van der Waals surface area contributed by atoms with Gasteiger partial charge in [0.25, 0.3) is 0 Å². The van der Waals surface area contributed by atoms with Gasteiger partial charge < -0.3 is 9.64 Å². The lowest BCUT2D eigenvalue weighted by Crippen LogP contribution is -2.39. The molecule has 0 heterocycles. The molecular weight excluding hydrogens is 204 g/mol. The second kappa shape index (κ2) is 5.86. The molecule has 0 aromatic rings. The van der Waals surface area contributed by atoms with Crippen LogP contribution in [0.3, 0.4) is 0 Å². The first-order chi connectivity index (χ1) is 7.58. The molecule has 1 aliphatic carbocycles. The number of ether oxygens (including phenoxy) is 1. The fraction of sp³-hybridized carbons (Fsp3) is 0.833. The number of rotatable bonds is 5. The van der Waals surface area contributed by atoms with E-state index in [0.29, 0.717) is 18.4 Å². The van der Waals surface area contributed by atoms with E-state index in [0.717, 1.165) is 19.4 Å². The van der Waals surface area contributed by atoms with E-state index in [-0.39, 0.29) is 11.9 Å². The number of nitriles is 1. The Balaban J connectivity index is 2.24. The Hall–Kier alpha value is -1.08. The Morgan fingerprint density at radius 3 is 2.75 bits per heavy atom. The van der Waals surface area contributed by atoms with Gasteiger partial charge in [0.1, 0.15) is 6.04 Å². The molecule has 1 saturated carbocycles. The summed E-state index contributed by atoms with van der Waals surface area (Å²) in [5.74, 6) is 0.506. The first-order valence-electron chi connectivity index (χ1n) is 5.85. The van der Waals surface area contributed by atoms with Crippen LogP contribution in [0.25, 0.3) is 0 Å². The molecule has 1 unspecified atom stereocenters. The molecule has 0 bridgehead atoms. The van der Waals surface area contributed by atoms with E-state index in [4.69, 9.17) is 10.00 Å². The molecule has 0 aliphatic heterocycles. The Bertz CT molecular complexity index is 279. The van der Waals surface area contributed by atoms with E-state index in [1.807, 2.05) is 6.92 Å². The number of carbonyl (C=O) groups is 1. The fourth-order valence-corrected chi connectivity index (χ4v) is 1.91. The van der Waals surface area contributed by atoms with Crippen LogP contribution in [-0.4, -0.2) is 36.6 Å². The topological polar surface area (TPSA) is 53.3 Å². The summed E-state index contributed by atoms with van der Waals surface area (Å²) in [4.78, 5) is 13.3. The standard InChI is InChI=1S/C12H20N2O2/c1-4-16-11-5-10(6-11)7-12(15)14(3)9(2)8-13/h9-11H,4-7H2,1-3H3. The maximum Gasteiger partial charge on any atom is 0.223 e. The number of carbonyl (C=O) groups excluding carboxylic acids is 1. The van der Waals surface area contributed by atoms with Gasteiger partial charge >= 0.3 is 0 Å². The highest BCUT2D eigenvalue weighted by Crippen LogP contribution is 2.33. The summed E-state index contributed by atoms with van der Waals surface area (Å²) in [5.41, 5.74) is 0. The lowest BCUT2D eigenvalue weighted by molar-refractivity contribution is -0.134. The Labute approximate surface area is 97.2 Å². The SMILES string of the molecule is CCOC1CC(CC(=O)N(C)C(C)C#N)C1. The van der Waals surface area contributed by atoms with Gasteiger partial charge in [-0.1, -0.05) is 0 Å². The summed E-state index contributed by atoms with van der Waals surface area (Å²) >= 11 is 0. The third-order valence-corrected chi connectivity index (χ3v) is 3.22. The maximum atomic E-state index is 11.7. The van der Waals surface area contributed by atoms with Crippen LogP contribution in [0.2, 0.25) is 0 Å². The molecule has 1 rings (SSSR count). The van der Waals surface area contributed by atoms with Crippen molar-refractivity contribution in [2.75, 3.05) is 13.7 Å². The van der Waals surface area contributed by atoms with Gasteiger partial charge in [-0.3, -0.25) is 4.79 Å². The Morgan fingerprint density at radius 2 is 2.25 bits per heavy atom. The van der Waals surface area contributed by atoms with E-state index in [1.165, 1.54) is 4.90 Å². The molecule has 1 atom stereocenters. The van der Waals surface area contributed by atoms with Gasteiger partial charge in [0.2, 0.25) is 5.91 Å². The van der Waals surface area contributed by atoms with E-state index >= 15 is 0 Å². The van der Waals surface area contributed by atoms with Gasteiger partial charge in [0, 0.05) is 20.1 Å². The largest absolute Gasteiger partial charge is 0.378 e. The smallest absolute Gasteiger partial charge is 0.223 e. The first kappa shape index (κ1) is 13.0. The van der Waals surface area contributed by atoms with Crippen LogP contribution in [0.1, 0.15) is 33.1 Å². The summed E-state index contributed by atoms with van der Waals surface area (Å²) in [6, 6.07) is 1.73. The number of hydrogen-bond donors (Lipinski definition) is 0. The molecular formula is C12H20N2O2. The van der Waals surface area contributed by atoms with Gasteiger partial charge in [-0.2, -0.15) is 5.26 Å². The van der Waals surface area contributed by atoms with Crippen molar-refractivity contribution < 1.29 is 9.53 Å². The summed E-state index contributed by atoms with van der Waals surface area (Å²) < 4.78 is 5.44. The van der Waals surface area contributed by atoms with Crippen molar-refractivity contribution >= 4 is 5.91 Å². The lowest BCUT2D eigenvalue weighted by atomic mass is 9.79. The molecule has 0 saturated heterocycles.